The van der Waals surface area contributed by atoms with Crippen LogP contribution in [0.4, 0.5) is 0 Å². The predicted octanol–water partition coefficient (Wildman–Crippen LogP) is 5.06. The number of halogens is 1. The number of hydrogen-bond acceptors (Lipinski definition) is 2. The minimum Gasteiger partial charge on any atom is -0.481 e. The summed E-state index contributed by atoms with van der Waals surface area (Å²) in [7, 11) is 1.76. The molecule has 1 aromatic heterocycles. The first-order valence-corrected chi connectivity index (χ1v) is 9.42. The zero-order valence-electron chi connectivity index (χ0n) is 13.8. The average molecular weight is 354 g/mol. The van der Waals surface area contributed by atoms with Gasteiger partial charge >= 0.3 is 0 Å². The van der Waals surface area contributed by atoms with Gasteiger partial charge in [0.25, 0.3) is 0 Å². The van der Waals surface area contributed by atoms with Crippen molar-refractivity contribution < 1.29 is 4.74 Å². The Balaban J connectivity index is 2.56. The smallest absolute Gasteiger partial charge is 0.217 e. The molecule has 0 spiro atoms. The molecule has 1 saturated carbocycles. The fourth-order valence-electron chi connectivity index (χ4n) is 3.14. The van der Waals surface area contributed by atoms with Crippen molar-refractivity contribution in [3.05, 3.63) is 22.4 Å². The summed E-state index contributed by atoms with van der Waals surface area (Å²) in [6, 6.07) is 0. The molecule has 1 atom stereocenters. The van der Waals surface area contributed by atoms with Gasteiger partial charge < -0.3 is 4.74 Å². The Morgan fingerprint density at radius 2 is 2.00 bits per heavy atom. The third kappa shape index (κ3) is 3.80. The van der Waals surface area contributed by atoms with Crippen molar-refractivity contribution in [2.45, 2.75) is 65.2 Å². The molecule has 1 heterocycles. The van der Waals surface area contributed by atoms with E-state index in [2.05, 4.69) is 36.7 Å². The van der Waals surface area contributed by atoms with Gasteiger partial charge in [-0.05, 0) is 61.5 Å². The maximum absolute atomic E-state index is 5.65. The first-order valence-electron chi connectivity index (χ1n) is 8.30. The van der Waals surface area contributed by atoms with E-state index in [0.29, 0.717) is 5.92 Å². The van der Waals surface area contributed by atoms with Crippen molar-refractivity contribution in [3.8, 4) is 5.88 Å². The lowest BCUT2D eigenvalue weighted by molar-refractivity contribution is 0.385. The highest BCUT2D eigenvalue weighted by Crippen LogP contribution is 2.39. The summed E-state index contributed by atoms with van der Waals surface area (Å²) in [6.07, 6.45) is 7.20. The minimum atomic E-state index is 0.512. The fraction of sp³-hybridized carbons (Fsp3) is 0.722. The molecule has 21 heavy (non-hydrogen) atoms. The average Bonchev–Trinajstić information content (AvgIpc) is 3.31. The summed E-state index contributed by atoms with van der Waals surface area (Å²) in [5, 5.41) is 0.965. The van der Waals surface area contributed by atoms with E-state index in [-0.39, 0.29) is 0 Å². The summed E-state index contributed by atoms with van der Waals surface area (Å²) >= 11 is 3.58. The van der Waals surface area contributed by atoms with E-state index >= 15 is 0 Å². The Morgan fingerprint density at radius 1 is 1.29 bits per heavy atom. The lowest BCUT2D eigenvalue weighted by Crippen LogP contribution is -2.12. The molecule has 1 fully saturated rings. The highest BCUT2D eigenvalue weighted by Gasteiger charge is 2.27. The van der Waals surface area contributed by atoms with Crippen molar-refractivity contribution in [2.75, 3.05) is 12.4 Å². The highest BCUT2D eigenvalue weighted by molar-refractivity contribution is 9.09. The first-order chi connectivity index (χ1) is 10.2. The molecule has 2 nitrogen and oxygen atoms in total. The number of rotatable bonds is 8. The lowest BCUT2D eigenvalue weighted by Gasteiger charge is -2.23. The van der Waals surface area contributed by atoms with Crippen LogP contribution >= 0.6 is 15.9 Å². The van der Waals surface area contributed by atoms with E-state index in [1.807, 2.05) is 0 Å². The Bertz CT molecular complexity index is 483. The Kier molecular flexibility index (Phi) is 6.09. The zero-order chi connectivity index (χ0) is 15.4. The van der Waals surface area contributed by atoms with E-state index < -0.39 is 0 Å². The summed E-state index contributed by atoms with van der Waals surface area (Å²) in [5.74, 6) is 2.26. The van der Waals surface area contributed by atoms with Gasteiger partial charge in [-0.2, -0.15) is 0 Å². The van der Waals surface area contributed by atoms with Crippen LogP contribution in [0, 0.1) is 5.92 Å². The van der Waals surface area contributed by atoms with Crippen molar-refractivity contribution in [1.29, 1.82) is 0 Å². The third-order valence-corrected chi connectivity index (χ3v) is 5.07. The van der Waals surface area contributed by atoms with E-state index in [1.165, 1.54) is 41.6 Å². The predicted molar refractivity (Wildman–Crippen MR) is 92.8 cm³/mol. The van der Waals surface area contributed by atoms with Crippen LogP contribution in [-0.4, -0.2) is 17.4 Å². The number of methoxy groups -OCH3 is 1. The quantitative estimate of drug-likeness (QED) is 0.609. The van der Waals surface area contributed by atoms with Gasteiger partial charge in [-0.1, -0.05) is 36.7 Å². The van der Waals surface area contributed by atoms with Crippen molar-refractivity contribution in [2.24, 2.45) is 5.92 Å². The third-order valence-electron chi connectivity index (χ3n) is 4.68. The standard InChI is InChI=1S/C18H28BrNO/c1-5-12(3)17-14(6-2)15(11-13-7-8-13)16(9-10-19)20-18(17)21-4/h12-13H,5-11H2,1-4H3. The summed E-state index contributed by atoms with van der Waals surface area (Å²) in [6.45, 7) is 6.81. The second kappa shape index (κ2) is 7.62. The van der Waals surface area contributed by atoms with Crippen molar-refractivity contribution in [1.82, 2.24) is 4.98 Å². The van der Waals surface area contributed by atoms with Gasteiger partial charge in [-0.3, -0.25) is 0 Å². The molecule has 0 aromatic carbocycles. The second-order valence-corrected chi connectivity index (χ2v) is 6.98. The van der Waals surface area contributed by atoms with E-state index in [4.69, 9.17) is 9.72 Å². The van der Waals surface area contributed by atoms with Crippen LogP contribution in [0.25, 0.3) is 0 Å². The molecule has 0 amide bonds. The van der Waals surface area contributed by atoms with Gasteiger partial charge in [-0.15, -0.1) is 0 Å². The molecule has 2 rings (SSSR count). The first kappa shape index (κ1) is 16.8. The summed E-state index contributed by atoms with van der Waals surface area (Å²) in [5.41, 5.74) is 5.64. The topological polar surface area (TPSA) is 22.1 Å². The number of ether oxygens (including phenoxy) is 1. The lowest BCUT2D eigenvalue weighted by atomic mass is 9.87. The maximum atomic E-state index is 5.65. The largest absolute Gasteiger partial charge is 0.481 e. The minimum absolute atomic E-state index is 0.512. The summed E-state index contributed by atoms with van der Waals surface area (Å²) < 4.78 is 5.65. The van der Waals surface area contributed by atoms with Gasteiger partial charge in [-0.25, -0.2) is 4.98 Å². The molecule has 0 bridgehead atoms. The second-order valence-electron chi connectivity index (χ2n) is 6.19. The van der Waals surface area contributed by atoms with Crippen LogP contribution in [0.15, 0.2) is 0 Å². The molecule has 3 heteroatoms. The van der Waals surface area contributed by atoms with E-state index in [0.717, 1.165) is 36.4 Å². The SMILES string of the molecule is CCc1c(CC2CC2)c(CCBr)nc(OC)c1C(C)CC. The monoisotopic (exact) mass is 353 g/mol. The van der Waals surface area contributed by atoms with Crippen LogP contribution < -0.4 is 4.74 Å². The number of aryl methyl sites for hydroxylation is 1. The Hall–Kier alpha value is -0.570. The Morgan fingerprint density at radius 3 is 2.48 bits per heavy atom. The molecule has 0 saturated heterocycles. The zero-order valence-corrected chi connectivity index (χ0v) is 15.4. The molecular formula is C18H28BrNO. The number of nitrogens with zero attached hydrogens (tertiary/aromatic N) is 1. The Labute approximate surface area is 137 Å². The molecule has 1 aromatic rings. The van der Waals surface area contributed by atoms with Crippen LogP contribution in [0.1, 0.15) is 68.3 Å². The van der Waals surface area contributed by atoms with Crippen LogP contribution in [0.5, 0.6) is 5.88 Å². The number of pyridine rings is 1. The van der Waals surface area contributed by atoms with Crippen LogP contribution in [-0.2, 0) is 19.3 Å². The molecule has 0 N–H and O–H groups in total. The van der Waals surface area contributed by atoms with Crippen LogP contribution in [0.3, 0.4) is 0 Å². The maximum Gasteiger partial charge on any atom is 0.217 e. The molecule has 1 aliphatic carbocycles. The van der Waals surface area contributed by atoms with Gasteiger partial charge in [0.05, 0.1) is 7.11 Å². The number of alkyl halides is 1. The molecule has 0 radical (unpaired) electrons. The number of hydrogen-bond donors (Lipinski definition) is 0. The number of aromatic nitrogens is 1. The van der Waals surface area contributed by atoms with E-state index in [9.17, 15) is 0 Å². The normalized spacial score (nSPS) is 16.0. The van der Waals surface area contributed by atoms with Gasteiger partial charge in [0.15, 0.2) is 0 Å². The van der Waals surface area contributed by atoms with Gasteiger partial charge in [0.1, 0.15) is 0 Å². The molecular weight excluding hydrogens is 326 g/mol. The van der Waals surface area contributed by atoms with Crippen molar-refractivity contribution in [3.63, 3.8) is 0 Å². The van der Waals surface area contributed by atoms with Crippen molar-refractivity contribution >= 4 is 15.9 Å². The molecule has 1 unspecified atom stereocenters. The van der Waals surface area contributed by atoms with Gasteiger partial charge in [0, 0.05) is 16.6 Å². The van der Waals surface area contributed by atoms with Crippen LogP contribution in [0.2, 0.25) is 0 Å². The fourth-order valence-corrected chi connectivity index (χ4v) is 3.51. The molecule has 0 aliphatic heterocycles. The van der Waals surface area contributed by atoms with E-state index in [1.54, 1.807) is 7.11 Å². The van der Waals surface area contributed by atoms with Gasteiger partial charge in [0.2, 0.25) is 5.88 Å². The summed E-state index contributed by atoms with van der Waals surface area (Å²) in [4.78, 5) is 4.89. The molecule has 1 aliphatic rings. The highest BCUT2D eigenvalue weighted by atomic mass is 79.9. The molecule has 118 valence electrons.